The molecule has 121 heavy (non-hydrogen) atoms. The molecule has 9 N–H and O–H groups in total. The lowest BCUT2D eigenvalue weighted by Gasteiger charge is -2.44. The largest absolute Gasteiger partial charge is 0.534 e. The van der Waals surface area contributed by atoms with Crippen molar-refractivity contribution in [1.82, 2.24) is 29.7 Å². The van der Waals surface area contributed by atoms with Crippen molar-refractivity contribution in [1.29, 1.82) is 0 Å². The molecule has 0 amide bonds. The van der Waals surface area contributed by atoms with Crippen LogP contribution in [-0.2, 0) is 53.2 Å². The van der Waals surface area contributed by atoms with Gasteiger partial charge in [0, 0.05) is 108 Å². The van der Waals surface area contributed by atoms with E-state index in [0.717, 1.165) is 107 Å². The average Bonchev–Trinajstić information content (AvgIpc) is 0.757. The summed E-state index contributed by atoms with van der Waals surface area (Å²) in [7, 11) is -5.06. The van der Waals surface area contributed by atoms with E-state index in [-0.39, 0.29) is 77.1 Å². The van der Waals surface area contributed by atoms with Crippen molar-refractivity contribution in [2.24, 2.45) is 0 Å². The molecule has 6 atom stereocenters. The maximum absolute atomic E-state index is 15.6. The first-order chi connectivity index (χ1) is 56.5. The number of ether oxygens (including phenoxy) is 2. The third-order valence-electron chi connectivity index (χ3n) is 19.8. The summed E-state index contributed by atoms with van der Waals surface area (Å²) in [5.41, 5.74) is 13.1. The number of nitrogens with zero attached hydrogens (tertiary/aromatic N) is 6. The molecule has 3 aromatic heterocycles. The quantitative estimate of drug-likeness (QED) is 0.0103. The van der Waals surface area contributed by atoms with Crippen LogP contribution in [0.3, 0.4) is 0 Å². The number of esters is 2. The molecule has 0 aliphatic carbocycles. The van der Waals surface area contributed by atoms with Gasteiger partial charge >= 0.3 is 40.7 Å². The minimum atomic E-state index is -5.94. The first-order valence-corrected chi connectivity index (χ1v) is 39.1. The SMILES string of the molecule is CC1Cc2cc(-c3ccc(N)nc3)ccc2C(c2c(F)cc(/C=C/C(=O)O)cc2F)N1CC(C)(C)F.COC(=O)/C=C/c1cc(F)c(C2c3ccc(-c4ccc(N)nc4)cc3CC(C)N2CC(C)(C)F)c(F)c1.COC(=O)/C=C/c1cc(F)c(C2c3ccc(OS(=O)(=O)C(F)(F)F)cc3CC(C)N2CC(C)(C)F)c(F)c1.Nc1ccc(B(O)O)cn1. The molecule has 0 fully saturated rings. The summed E-state index contributed by atoms with van der Waals surface area (Å²) < 4.78 is 212. The number of carbonyl (C=O) groups is 3. The molecule has 20 nitrogen and oxygen atoms in total. The predicted molar refractivity (Wildman–Crippen MR) is 437 cm³/mol. The van der Waals surface area contributed by atoms with Gasteiger partial charge in [-0.1, -0.05) is 48.5 Å². The van der Waals surface area contributed by atoms with Crippen molar-refractivity contribution in [3.8, 4) is 28.0 Å². The summed E-state index contributed by atoms with van der Waals surface area (Å²) >= 11 is 0. The number of carboxylic acid groups (broad SMARTS) is 1. The van der Waals surface area contributed by atoms with E-state index in [1.807, 2.05) is 67.3 Å². The van der Waals surface area contributed by atoms with E-state index >= 15 is 26.3 Å². The number of rotatable bonds is 20. The second-order valence-electron chi connectivity index (χ2n) is 31.1. The Bertz CT molecular complexity index is 5390. The highest BCUT2D eigenvalue weighted by Crippen LogP contribution is 2.47. The van der Waals surface area contributed by atoms with E-state index in [0.29, 0.717) is 46.9 Å². The topological polar surface area (TPSA) is 300 Å². The molecular weight excluding hydrogens is 1620 g/mol. The number of pyridine rings is 3. The molecule has 0 bridgehead atoms. The number of aliphatic carboxylic acids is 1. The van der Waals surface area contributed by atoms with Crippen molar-refractivity contribution in [2.45, 2.75) is 140 Å². The monoisotopic (exact) mass is 1710 g/mol. The number of carbonyl (C=O) groups excluding carboxylic acids is 2. The Morgan fingerprint density at radius 1 is 0.463 bits per heavy atom. The number of nitrogen functional groups attached to an aromatic ring is 3. The van der Waals surface area contributed by atoms with E-state index in [1.165, 1.54) is 96.2 Å². The molecule has 6 heterocycles. The summed E-state index contributed by atoms with van der Waals surface area (Å²) in [5, 5.41) is 26.0. The number of hydrogen-bond donors (Lipinski definition) is 6. The standard InChI is InChI=1S/C29H30F3N3O2.C28H28F3N3O2.C25H25F6NO5S.C5H7BN2O2/c1-17-11-21-14-19(20-7-9-25(33)34-15-20)6-8-22(21)28(35(17)16-29(2,3)32)27-23(30)12-18(13-24(27)31)5-10-26(36)37-4;1-16-10-20-13-18(19-6-8-24(32)33-14-19)5-7-21(20)27(34(16)15-28(2,3)31)26-22(29)11-17(12-23(26)30)4-9-25(35)36;1-14-9-16-12-17(37-38(34,35)25(29,30)31)6-7-18(16)23(32(14)13-24(2,3)28)22-19(26)10-15(11-20(22)27)5-8-21(33)36-4;7-5-2-1-4(3-8-5)6(9)10/h5-10,12-15,17,28H,11,16H2,1-4H3,(H2,33,34);4-9,11-14,16,27H,10,15H2,1-3H3,(H2,32,33)(H,35,36);5-8,10-12,14,23H,9,13H2,1-4H3;1-3,9-10H,(H2,7,8)/b10-5+;9-4+;8-5+;. The van der Waals surface area contributed by atoms with Crippen LogP contribution in [0.25, 0.3) is 40.5 Å². The number of benzene rings is 6. The van der Waals surface area contributed by atoms with E-state index in [9.17, 15) is 49.1 Å². The van der Waals surface area contributed by atoms with Crippen molar-refractivity contribution in [3.05, 3.63) is 266 Å². The Balaban J connectivity index is 0.000000194. The number of aromatic nitrogens is 3. The zero-order valence-corrected chi connectivity index (χ0v) is 68.4. The van der Waals surface area contributed by atoms with Gasteiger partial charge in [0.1, 0.15) is 75.1 Å². The maximum Gasteiger partial charge on any atom is 0.534 e. The summed E-state index contributed by atoms with van der Waals surface area (Å²) in [6.07, 6.45) is 12.4. The Morgan fingerprint density at radius 2 is 0.769 bits per heavy atom. The van der Waals surface area contributed by atoms with Crippen molar-refractivity contribution in [3.63, 3.8) is 0 Å². The number of hydrogen-bond acceptors (Lipinski definition) is 19. The first kappa shape index (κ1) is 93.4. The molecule has 9 aromatic rings. The summed E-state index contributed by atoms with van der Waals surface area (Å²) in [4.78, 5) is 50.7. The highest BCUT2D eigenvalue weighted by molar-refractivity contribution is 7.88. The number of methoxy groups -OCH3 is 2. The molecule has 0 saturated heterocycles. The molecule has 12 rings (SSSR count). The van der Waals surface area contributed by atoms with Crippen LogP contribution >= 0.6 is 0 Å². The highest BCUT2D eigenvalue weighted by Gasteiger charge is 2.49. The summed E-state index contributed by atoms with van der Waals surface area (Å²) in [6.45, 7) is 13.6. The van der Waals surface area contributed by atoms with Gasteiger partial charge in [0.25, 0.3) is 0 Å². The number of fused-ring (bicyclic) bond motifs is 3. The van der Waals surface area contributed by atoms with Gasteiger partial charge in [0.05, 0.1) is 32.3 Å². The maximum atomic E-state index is 15.6. The fraction of sp³-hybridized carbons (Fsp3) is 0.310. The second-order valence-corrected chi connectivity index (χ2v) is 32.7. The van der Waals surface area contributed by atoms with Gasteiger partial charge in [-0.3, -0.25) is 14.7 Å². The van der Waals surface area contributed by atoms with Crippen molar-refractivity contribution < 1.29 is 104 Å². The fourth-order valence-electron chi connectivity index (χ4n) is 14.6. The van der Waals surface area contributed by atoms with Crippen LogP contribution in [0, 0.1) is 34.9 Å². The van der Waals surface area contributed by atoms with E-state index in [2.05, 4.69) is 28.6 Å². The molecule has 0 spiro atoms. The normalized spacial score (nSPS) is 17.7. The third kappa shape index (κ3) is 24.2. The van der Waals surface area contributed by atoms with Gasteiger partial charge in [-0.15, -0.1) is 0 Å². The lowest BCUT2D eigenvalue weighted by atomic mass is 9.82. The molecular formula is C87H90BF12N9O11S. The number of nitrogens with two attached hydrogens (primary N) is 3. The number of anilines is 3. The van der Waals surface area contributed by atoms with Gasteiger partial charge in [-0.25, -0.2) is 68.8 Å². The van der Waals surface area contributed by atoms with Gasteiger partial charge < -0.3 is 46.0 Å². The minimum absolute atomic E-state index is 0.00915. The molecule has 3 aliphatic heterocycles. The molecule has 3 aliphatic rings. The van der Waals surface area contributed by atoms with Crippen LogP contribution in [0.5, 0.6) is 5.75 Å². The molecule has 6 aromatic carbocycles. The average molecular weight is 1710 g/mol. The predicted octanol–water partition coefficient (Wildman–Crippen LogP) is 15.5. The van der Waals surface area contributed by atoms with Crippen LogP contribution in [-0.4, -0.2) is 153 Å². The second kappa shape index (κ2) is 38.5. The van der Waals surface area contributed by atoms with Gasteiger partial charge in [0.15, 0.2) is 0 Å². The molecule has 0 saturated carbocycles. The number of alkyl halides is 6. The van der Waals surface area contributed by atoms with Crippen LogP contribution in [0.2, 0.25) is 0 Å². The zero-order valence-electron chi connectivity index (χ0n) is 67.6. The van der Waals surface area contributed by atoms with Gasteiger partial charge in [-0.05, 0) is 240 Å². The van der Waals surface area contributed by atoms with Crippen molar-refractivity contribution >= 4 is 76.3 Å². The van der Waals surface area contributed by atoms with E-state index in [1.54, 1.807) is 36.4 Å². The summed E-state index contributed by atoms with van der Waals surface area (Å²) in [6, 6.07) is 27.3. The zero-order chi connectivity index (χ0) is 89.3. The molecule has 34 heteroatoms. The van der Waals surface area contributed by atoms with Crippen LogP contribution in [0.4, 0.5) is 70.1 Å². The van der Waals surface area contributed by atoms with Gasteiger partial charge in [-0.2, -0.15) is 21.6 Å². The first-order valence-electron chi connectivity index (χ1n) is 37.7. The molecule has 0 radical (unpaired) electrons. The Labute approximate surface area is 692 Å². The smallest absolute Gasteiger partial charge is 0.478 e. The lowest BCUT2D eigenvalue weighted by Crippen LogP contribution is -2.48. The number of halogens is 12. The van der Waals surface area contributed by atoms with Crippen molar-refractivity contribution in [2.75, 3.05) is 51.1 Å². The molecule has 642 valence electrons. The van der Waals surface area contributed by atoms with E-state index < -0.39 is 128 Å². The highest BCUT2D eigenvalue weighted by atomic mass is 32.2. The lowest BCUT2D eigenvalue weighted by molar-refractivity contribution is -0.135. The minimum Gasteiger partial charge on any atom is -0.478 e. The Hall–Kier alpha value is -11.4. The Morgan fingerprint density at radius 3 is 1.05 bits per heavy atom. The fourth-order valence-corrected chi connectivity index (χ4v) is 15.0. The van der Waals surface area contributed by atoms with E-state index in [4.69, 9.17) is 32.4 Å². The van der Waals surface area contributed by atoms with Crippen LogP contribution in [0.15, 0.2) is 164 Å². The molecule has 6 unspecified atom stereocenters. The van der Waals surface area contributed by atoms with Crippen LogP contribution in [0.1, 0.15) is 147 Å². The number of carboxylic acids is 1. The Kier molecular flexibility index (Phi) is 29.8. The van der Waals surface area contributed by atoms with Crippen LogP contribution < -0.4 is 26.8 Å². The third-order valence-corrected chi connectivity index (χ3v) is 20.8. The van der Waals surface area contributed by atoms with Gasteiger partial charge in [0.2, 0.25) is 0 Å². The summed E-state index contributed by atoms with van der Waals surface area (Å²) in [5.74, 6) is -7.27.